The fraction of sp³-hybridized carbons (Fsp3) is 0.263. The van der Waals surface area contributed by atoms with Gasteiger partial charge in [-0.3, -0.25) is 9.78 Å². The number of anilines is 1. The van der Waals surface area contributed by atoms with Crippen molar-refractivity contribution in [3.63, 3.8) is 0 Å². The summed E-state index contributed by atoms with van der Waals surface area (Å²) in [4.78, 5) is 23.3. The normalized spacial score (nSPS) is 14.6. The molecule has 1 saturated heterocycles. The van der Waals surface area contributed by atoms with Crippen LogP contribution in [0.4, 0.5) is 19.1 Å². The van der Waals surface area contributed by atoms with Crippen molar-refractivity contribution in [1.29, 1.82) is 5.26 Å². The van der Waals surface area contributed by atoms with E-state index < -0.39 is 17.8 Å². The van der Waals surface area contributed by atoms with Crippen LogP contribution in [0.5, 0.6) is 0 Å². The van der Waals surface area contributed by atoms with Gasteiger partial charge in [-0.05, 0) is 24.3 Å². The Balaban J connectivity index is 1.44. The highest BCUT2D eigenvalue weighted by Crippen LogP contribution is 2.30. The van der Waals surface area contributed by atoms with Crippen molar-refractivity contribution in [1.82, 2.24) is 14.9 Å². The molecule has 4 rings (SSSR count). The summed E-state index contributed by atoms with van der Waals surface area (Å²) in [6.07, 6.45) is -2.17. The van der Waals surface area contributed by atoms with E-state index in [0.29, 0.717) is 31.9 Å². The highest BCUT2D eigenvalue weighted by molar-refractivity contribution is 5.94. The maximum absolute atomic E-state index is 12.6. The molecule has 30 heavy (non-hydrogen) atoms. The Hall–Kier alpha value is -3.81. The number of oxazole rings is 1. The molecule has 0 bridgehead atoms. The summed E-state index contributed by atoms with van der Waals surface area (Å²) in [6.45, 7) is 1.31. The van der Waals surface area contributed by atoms with E-state index in [1.165, 1.54) is 11.2 Å². The first kappa shape index (κ1) is 19.5. The third-order valence-electron chi connectivity index (χ3n) is 4.60. The zero-order chi connectivity index (χ0) is 21.3. The maximum Gasteiger partial charge on any atom is 0.433 e. The van der Waals surface area contributed by atoms with E-state index in [2.05, 4.69) is 9.97 Å². The van der Waals surface area contributed by atoms with Crippen LogP contribution in [-0.4, -0.2) is 47.0 Å². The molecule has 11 heteroatoms. The Labute approximate surface area is 168 Å². The molecule has 154 valence electrons. The molecular weight excluding hydrogens is 403 g/mol. The second-order valence-electron chi connectivity index (χ2n) is 6.47. The average molecular weight is 417 g/mol. The second-order valence-corrected chi connectivity index (χ2v) is 6.47. The lowest BCUT2D eigenvalue weighted by molar-refractivity contribution is -0.141. The molecule has 1 aliphatic heterocycles. The molecule has 3 aromatic rings. The average Bonchev–Trinajstić information content (AvgIpc) is 3.42. The van der Waals surface area contributed by atoms with Gasteiger partial charge < -0.3 is 18.6 Å². The molecule has 8 nitrogen and oxygen atoms in total. The fourth-order valence-electron chi connectivity index (χ4n) is 3.09. The molecule has 0 aromatic carbocycles. The molecule has 0 unspecified atom stereocenters. The summed E-state index contributed by atoms with van der Waals surface area (Å²) in [6, 6.07) is 7.21. The highest BCUT2D eigenvalue weighted by Gasteiger charge is 2.33. The van der Waals surface area contributed by atoms with Crippen LogP contribution in [0.3, 0.4) is 0 Å². The van der Waals surface area contributed by atoms with Crippen molar-refractivity contribution in [2.75, 3.05) is 31.1 Å². The number of nitriles is 1. The van der Waals surface area contributed by atoms with Gasteiger partial charge in [0.25, 0.3) is 11.8 Å². The number of carbonyl (C=O) groups is 1. The molecule has 1 fully saturated rings. The Morgan fingerprint density at radius 3 is 2.50 bits per heavy atom. The first-order valence-corrected chi connectivity index (χ1v) is 8.89. The van der Waals surface area contributed by atoms with Gasteiger partial charge in [0.2, 0.25) is 11.6 Å². The number of piperazine rings is 1. The topological polar surface area (TPSA) is 99.4 Å². The summed E-state index contributed by atoms with van der Waals surface area (Å²) in [5.41, 5.74) is -0.868. The van der Waals surface area contributed by atoms with Gasteiger partial charge in [-0.1, -0.05) is 0 Å². The third kappa shape index (κ3) is 3.71. The van der Waals surface area contributed by atoms with E-state index in [1.807, 2.05) is 6.07 Å². The minimum Gasteiger partial charge on any atom is -0.459 e. The number of hydrogen-bond donors (Lipinski definition) is 0. The predicted octanol–water partition coefficient (Wildman–Crippen LogP) is 3.18. The number of alkyl halides is 3. The van der Waals surface area contributed by atoms with Gasteiger partial charge in [-0.2, -0.15) is 23.4 Å². The van der Waals surface area contributed by atoms with Crippen molar-refractivity contribution < 1.29 is 26.8 Å². The fourth-order valence-corrected chi connectivity index (χ4v) is 3.09. The molecule has 4 heterocycles. The lowest BCUT2D eigenvalue weighted by Crippen LogP contribution is -2.49. The minimum atomic E-state index is -4.56. The van der Waals surface area contributed by atoms with Crippen molar-refractivity contribution in [2.45, 2.75) is 6.18 Å². The smallest absolute Gasteiger partial charge is 0.433 e. The Morgan fingerprint density at radius 1 is 1.17 bits per heavy atom. The first-order valence-electron chi connectivity index (χ1n) is 8.89. The van der Waals surface area contributed by atoms with Crippen LogP contribution in [0.2, 0.25) is 0 Å². The van der Waals surface area contributed by atoms with E-state index in [9.17, 15) is 23.2 Å². The number of hydrogen-bond acceptors (Lipinski definition) is 7. The van der Waals surface area contributed by atoms with Crippen molar-refractivity contribution >= 4 is 11.8 Å². The van der Waals surface area contributed by atoms with Gasteiger partial charge in [0.05, 0.1) is 11.8 Å². The summed E-state index contributed by atoms with van der Waals surface area (Å²) in [5.74, 6) is 0.444. The molecular formula is C19H14F3N5O3. The zero-order valence-corrected chi connectivity index (χ0v) is 15.4. The predicted molar refractivity (Wildman–Crippen MR) is 96.3 cm³/mol. The SMILES string of the molecule is N#Cc1nc(-c2ccco2)oc1N1CCN(C(=O)c2ccc(C(F)(F)F)nc2)CC1. The molecule has 0 radical (unpaired) electrons. The molecule has 1 amide bonds. The molecule has 0 saturated carbocycles. The Morgan fingerprint density at radius 2 is 1.93 bits per heavy atom. The molecule has 3 aromatic heterocycles. The standard InChI is InChI=1S/C19H14F3N5O3/c20-19(21,22)15-4-3-12(11-24-15)17(28)26-5-7-27(8-6-26)18-13(10-23)25-16(30-18)14-2-1-9-29-14/h1-4,9,11H,5-8H2. The van der Waals surface area contributed by atoms with Crippen LogP contribution in [0.1, 0.15) is 21.7 Å². The largest absolute Gasteiger partial charge is 0.459 e. The lowest BCUT2D eigenvalue weighted by atomic mass is 10.2. The van der Waals surface area contributed by atoms with Crippen LogP contribution in [0.25, 0.3) is 11.7 Å². The quantitative estimate of drug-likeness (QED) is 0.645. The molecule has 0 aliphatic carbocycles. The summed E-state index contributed by atoms with van der Waals surface area (Å²) in [5, 5.41) is 9.35. The third-order valence-corrected chi connectivity index (χ3v) is 4.60. The van der Waals surface area contributed by atoms with E-state index in [4.69, 9.17) is 8.83 Å². The number of aromatic nitrogens is 2. The van der Waals surface area contributed by atoms with Crippen molar-refractivity contribution in [3.8, 4) is 17.7 Å². The van der Waals surface area contributed by atoms with Crippen LogP contribution in [-0.2, 0) is 6.18 Å². The van der Waals surface area contributed by atoms with Crippen LogP contribution in [0.15, 0.2) is 45.6 Å². The van der Waals surface area contributed by atoms with Gasteiger partial charge in [-0.15, -0.1) is 0 Å². The molecule has 0 N–H and O–H groups in total. The summed E-state index contributed by atoms with van der Waals surface area (Å²) < 4.78 is 48.8. The van der Waals surface area contributed by atoms with Gasteiger partial charge in [0.1, 0.15) is 11.8 Å². The van der Waals surface area contributed by atoms with Crippen molar-refractivity contribution in [2.24, 2.45) is 0 Å². The number of nitrogens with zero attached hydrogens (tertiary/aromatic N) is 5. The maximum atomic E-state index is 12.6. The lowest BCUT2D eigenvalue weighted by Gasteiger charge is -2.34. The van der Waals surface area contributed by atoms with Gasteiger partial charge in [0, 0.05) is 32.4 Å². The molecule has 1 aliphatic rings. The number of furan rings is 1. The number of rotatable bonds is 3. The van der Waals surface area contributed by atoms with Gasteiger partial charge in [0.15, 0.2) is 5.76 Å². The van der Waals surface area contributed by atoms with Crippen molar-refractivity contribution in [3.05, 3.63) is 53.7 Å². The first-order chi connectivity index (χ1) is 14.4. The Bertz CT molecular complexity index is 1080. The second kappa shape index (κ2) is 7.55. The highest BCUT2D eigenvalue weighted by atomic mass is 19.4. The Kier molecular flexibility index (Phi) is 4.91. The van der Waals surface area contributed by atoms with E-state index >= 15 is 0 Å². The van der Waals surface area contributed by atoms with E-state index in [0.717, 1.165) is 18.3 Å². The zero-order valence-electron chi connectivity index (χ0n) is 15.4. The summed E-state index contributed by atoms with van der Waals surface area (Å²) >= 11 is 0. The molecule has 0 atom stereocenters. The summed E-state index contributed by atoms with van der Waals surface area (Å²) in [7, 11) is 0. The monoisotopic (exact) mass is 417 g/mol. The van der Waals surface area contributed by atoms with E-state index in [-0.39, 0.29) is 23.0 Å². The van der Waals surface area contributed by atoms with Gasteiger partial charge in [-0.25, -0.2) is 0 Å². The van der Waals surface area contributed by atoms with E-state index in [1.54, 1.807) is 17.0 Å². The van der Waals surface area contributed by atoms with Crippen LogP contribution < -0.4 is 4.90 Å². The van der Waals surface area contributed by atoms with Crippen LogP contribution >= 0.6 is 0 Å². The number of pyridine rings is 1. The number of halogens is 3. The molecule has 0 spiro atoms. The van der Waals surface area contributed by atoms with Crippen LogP contribution in [0, 0.1) is 11.3 Å². The number of carbonyl (C=O) groups excluding carboxylic acids is 1. The number of amides is 1. The van der Waals surface area contributed by atoms with Gasteiger partial charge >= 0.3 is 6.18 Å². The minimum absolute atomic E-state index is 0.0777.